The SMILES string of the molecule is COc1ccc(C(NC(=O)c2ccc(Cl)cc2F)C2CC(O)C2)cn1. The normalized spacial score (nSPS) is 20.5. The summed E-state index contributed by atoms with van der Waals surface area (Å²) in [6, 6.07) is 7.06. The Hall–Kier alpha value is -2.18. The molecule has 2 aromatic rings. The number of halogens is 2. The number of rotatable bonds is 5. The molecule has 1 fully saturated rings. The van der Waals surface area contributed by atoms with Crippen molar-refractivity contribution in [2.75, 3.05) is 7.11 Å². The molecule has 5 nitrogen and oxygen atoms in total. The molecule has 0 bridgehead atoms. The van der Waals surface area contributed by atoms with Crippen LogP contribution < -0.4 is 10.1 Å². The van der Waals surface area contributed by atoms with E-state index in [0.717, 1.165) is 11.6 Å². The summed E-state index contributed by atoms with van der Waals surface area (Å²) in [5.41, 5.74) is 0.705. The van der Waals surface area contributed by atoms with Gasteiger partial charge in [0.2, 0.25) is 5.88 Å². The lowest BCUT2D eigenvalue weighted by atomic mass is 9.75. The Kier molecular flexibility index (Phi) is 5.20. The lowest BCUT2D eigenvalue weighted by molar-refractivity contribution is 0.0234. The average Bonchev–Trinajstić information content (AvgIpc) is 2.57. The second kappa shape index (κ2) is 7.37. The molecule has 0 aliphatic heterocycles. The molecule has 1 heterocycles. The third-order valence-electron chi connectivity index (χ3n) is 4.41. The van der Waals surface area contributed by atoms with Gasteiger partial charge in [-0.15, -0.1) is 0 Å². The highest BCUT2D eigenvalue weighted by molar-refractivity contribution is 6.30. The van der Waals surface area contributed by atoms with Crippen LogP contribution in [0.4, 0.5) is 4.39 Å². The number of amides is 1. The molecule has 1 saturated carbocycles. The van der Waals surface area contributed by atoms with Crippen LogP contribution >= 0.6 is 11.6 Å². The zero-order chi connectivity index (χ0) is 18.0. The maximum absolute atomic E-state index is 14.0. The molecule has 2 N–H and O–H groups in total. The van der Waals surface area contributed by atoms with Crippen LogP contribution in [0.15, 0.2) is 36.5 Å². The number of aliphatic hydroxyl groups is 1. The van der Waals surface area contributed by atoms with Gasteiger partial charge in [-0.3, -0.25) is 4.79 Å². The van der Waals surface area contributed by atoms with Crippen molar-refractivity contribution in [3.8, 4) is 5.88 Å². The van der Waals surface area contributed by atoms with Gasteiger partial charge < -0.3 is 15.2 Å². The van der Waals surface area contributed by atoms with E-state index in [4.69, 9.17) is 16.3 Å². The molecule has 1 aromatic heterocycles. The summed E-state index contributed by atoms with van der Waals surface area (Å²) in [5.74, 6) is -0.683. The first kappa shape index (κ1) is 17.6. The Bertz CT molecular complexity index is 763. The molecular formula is C18H18ClFN2O3. The van der Waals surface area contributed by atoms with Gasteiger partial charge in [0.1, 0.15) is 5.82 Å². The molecule has 7 heteroatoms. The first-order valence-corrected chi connectivity index (χ1v) is 8.29. The van der Waals surface area contributed by atoms with Gasteiger partial charge in [0.05, 0.1) is 24.8 Å². The molecule has 0 spiro atoms. The van der Waals surface area contributed by atoms with Gasteiger partial charge in [-0.25, -0.2) is 9.37 Å². The fourth-order valence-electron chi connectivity index (χ4n) is 2.96. The van der Waals surface area contributed by atoms with Crippen molar-refractivity contribution in [3.05, 3.63) is 58.5 Å². The number of pyridine rings is 1. The molecule has 25 heavy (non-hydrogen) atoms. The van der Waals surface area contributed by atoms with Crippen molar-refractivity contribution in [2.24, 2.45) is 5.92 Å². The van der Waals surface area contributed by atoms with E-state index in [-0.39, 0.29) is 28.6 Å². The van der Waals surface area contributed by atoms with E-state index in [0.29, 0.717) is 18.7 Å². The molecule has 1 amide bonds. The highest BCUT2D eigenvalue weighted by Crippen LogP contribution is 2.38. The maximum Gasteiger partial charge on any atom is 0.254 e. The predicted octanol–water partition coefficient (Wildman–Crippen LogP) is 3.12. The lowest BCUT2D eigenvalue weighted by Crippen LogP contribution is -2.41. The molecule has 1 atom stereocenters. The van der Waals surface area contributed by atoms with Gasteiger partial charge in [-0.05, 0) is 42.5 Å². The number of nitrogens with one attached hydrogen (secondary N) is 1. The number of hydrogen-bond acceptors (Lipinski definition) is 4. The van der Waals surface area contributed by atoms with E-state index >= 15 is 0 Å². The number of nitrogens with zero attached hydrogens (tertiary/aromatic N) is 1. The van der Waals surface area contributed by atoms with Crippen LogP contribution in [0.25, 0.3) is 0 Å². The summed E-state index contributed by atoms with van der Waals surface area (Å²) in [5, 5.41) is 12.7. The summed E-state index contributed by atoms with van der Waals surface area (Å²) in [6.45, 7) is 0. The van der Waals surface area contributed by atoms with Gasteiger partial charge in [-0.1, -0.05) is 17.7 Å². The largest absolute Gasteiger partial charge is 0.481 e. The van der Waals surface area contributed by atoms with Crippen molar-refractivity contribution in [2.45, 2.75) is 25.0 Å². The predicted molar refractivity (Wildman–Crippen MR) is 91.1 cm³/mol. The first-order valence-electron chi connectivity index (χ1n) is 7.92. The fourth-order valence-corrected chi connectivity index (χ4v) is 3.12. The Morgan fingerprint density at radius 1 is 1.40 bits per heavy atom. The van der Waals surface area contributed by atoms with Gasteiger partial charge in [0.25, 0.3) is 5.91 Å². The number of aliphatic hydroxyl groups excluding tert-OH is 1. The minimum atomic E-state index is -0.676. The molecule has 1 aliphatic rings. The molecule has 132 valence electrons. The number of ether oxygens (including phenoxy) is 1. The van der Waals surface area contributed by atoms with Crippen molar-refractivity contribution < 1.29 is 19.0 Å². The van der Waals surface area contributed by atoms with Crippen LogP contribution in [0, 0.1) is 11.7 Å². The zero-order valence-electron chi connectivity index (χ0n) is 13.6. The second-order valence-electron chi connectivity index (χ2n) is 6.09. The van der Waals surface area contributed by atoms with Crippen LogP contribution in [0.3, 0.4) is 0 Å². The number of aromatic nitrogens is 1. The number of carbonyl (C=O) groups excluding carboxylic acids is 1. The summed E-state index contributed by atoms with van der Waals surface area (Å²) < 4.78 is 19.0. The van der Waals surface area contributed by atoms with Crippen LogP contribution in [0.2, 0.25) is 5.02 Å². The fraction of sp³-hybridized carbons (Fsp3) is 0.333. The second-order valence-corrected chi connectivity index (χ2v) is 6.53. The zero-order valence-corrected chi connectivity index (χ0v) is 14.3. The van der Waals surface area contributed by atoms with E-state index in [2.05, 4.69) is 10.3 Å². The molecule has 0 saturated heterocycles. The average molecular weight is 365 g/mol. The Morgan fingerprint density at radius 2 is 2.16 bits per heavy atom. The number of hydrogen-bond donors (Lipinski definition) is 2. The topological polar surface area (TPSA) is 71.5 Å². The van der Waals surface area contributed by atoms with Crippen LogP contribution in [0.1, 0.15) is 34.8 Å². The minimum absolute atomic E-state index is 0.0597. The van der Waals surface area contributed by atoms with Crippen LogP contribution in [0.5, 0.6) is 5.88 Å². The Labute approximate surface area is 149 Å². The standard InChI is InChI=1S/C18H18ClFN2O3/c1-25-16-5-2-10(9-21-16)17(11-6-13(23)7-11)22-18(24)14-4-3-12(19)8-15(14)20/h2-5,8-9,11,13,17,23H,6-7H2,1H3,(H,22,24). The molecule has 0 radical (unpaired) electrons. The van der Waals surface area contributed by atoms with E-state index in [1.54, 1.807) is 18.3 Å². The summed E-state index contributed by atoms with van der Waals surface area (Å²) in [7, 11) is 1.52. The van der Waals surface area contributed by atoms with Crippen LogP contribution in [-0.2, 0) is 0 Å². The van der Waals surface area contributed by atoms with Gasteiger partial charge in [0, 0.05) is 17.3 Å². The van der Waals surface area contributed by atoms with Crippen molar-refractivity contribution >= 4 is 17.5 Å². The van der Waals surface area contributed by atoms with E-state index in [1.165, 1.54) is 19.2 Å². The number of methoxy groups -OCH3 is 1. The number of benzene rings is 1. The van der Waals surface area contributed by atoms with E-state index < -0.39 is 11.7 Å². The summed E-state index contributed by atoms with van der Waals surface area (Å²) in [6.07, 6.45) is 2.38. The highest BCUT2D eigenvalue weighted by Gasteiger charge is 2.36. The summed E-state index contributed by atoms with van der Waals surface area (Å²) in [4.78, 5) is 16.7. The molecule has 1 unspecified atom stereocenters. The van der Waals surface area contributed by atoms with Gasteiger partial charge in [0.15, 0.2) is 0 Å². The molecular weight excluding hydrogens is 347 g/mol. The highest BCUT2D eigenvalue weighted by atomic mass is 35.5. The van der Waals surface area contributed by atoms with Gasteiger partial charge >= 0.3 is 0 Å². The number of carbonyl (C=O) groups is 1. The lowest BCUT2D eigenvalue weighted by Gasteiger charge is -2.38. The van der Waals surface area contributed by atoms with Crippen LogP contribution in [-0.4, -0.2) is 29.2 Å². The quantitative estimate of drug-likeness (QED) is 0.855. The van der Waals surface area contributed by atoms with E-state index in [1.807, 2.05) is 0 Å². The van der Waals surface area contributed by atoms with Crippen molar-refractivity contribution in [1.82, 2.24) is 10.3 Å². The van der Waals surface area contributed by atoms with Crippen molar-refractivity contribution in [3.63, 3.8) is 0 Å². The Balaban J connectivity index is 1.83. The van der Waals surface area contributed by atoms with Crippen molar-refractivity contribution in [1.29, 1.82) is 0 Å². The van der Waals surface area contributed by atoms with E-state index in [9.17, 15) is 14.3 Å². The maximum atomic E-state index is 14.0. The molecule has 1 aromatic carbocycles. The monoisotopic (exact) mass is 364 g/mol. The van der Waals surface area contributed by atoms with Gasteiger partial charge in [-0.2, -0.15) is 0 Å². The smallest absolute Gasteiger partial charge is 0.254 e. The third-order valence-corrected chi connectivity index (χ3v) is 4.65. The third kappa shape index (κ3) is 3.91. The molecule has 3 rings (SSSR count). The Morgan fingerprint density at radius 3 is 2.72 bits per heavy atom. The minimum Gasteiger partial charge on any atom is -0.481 e. The molecule has 1 aliphatic carbocycles. The first-order chi connectivity index (χ1) is 12.0. The summed E-state index contributed by atoms with van der Waals surface area (Å²) >= 11 is 5.73.